The second-order valence-electron chi connectivity index (χ2n) is 3.66. The van der Waals surface area contributed by atoms with Gasteiger partial charge in [-0.1, -0.05) is 12.1 Å². The topological polar surface area (TPSA) is 60.2 Å². The molecular weight excluding hydrogens is 230 g/mol. The highest BCUT2D eigenvalue weighted by molar-refractivity contribution is 5.85. The molecule has 0 saturated carbocycles. The zero-order valence-electron chi connectivity index (χ0n) is 10.2. The zero-order valence-corrected chi connectivity index (χ0v) is 11.0. The van der Waals surface area contributed by atoms with Gasteiger partial charge in [0.05, 0.1) is 12.6 Å². The van der Waals surface area contributed by atoms with Gasteiger partial charge >= 0.3 is 0 Å². The number of hydrogen-bond acceptors (Lipinski definition) is 5. The Morgan fingerprint density at radius 1 is 1.50 bits per heavy atom. The van der Waals surface area contributed by atoms with Crippen molar-refractivity contribution in [1.29, 1.82) is 0 Å². The lowest BCUT2D eigenvalue weighted by molar-refractivity contribution is 0.165. The highest BCUT2D eigenvalue weighted by Gasteiger charge is 2.17. The molecule has 0 amide bonds. The number of nitrogens with zero attached hydrogens (tertiary/aromatic N) is 2. The van der Waals surface area contributed by atoms with Gasteiger partial charge in [0.25, 0.3) is 0 Å². The molecule has 1 aromatic heterocycles. The van der Waals surface area contributed by atoms with Crippen LogP contribution < -0.4 is 5.32 Å². The number of rotatable bonds is 6. The van der Waals surface area contributed by atoms with Gasteiger partial charge in [0, 0.05) is 20.1 Å². The molecular formula is C10H20ClN3O2. The van der Waals surface area contributed by atoms with E-state index in [2.05, 4.69) is 29.3 Å². The minimum Gasteiger partial charge on any atom is -0.383 e. The van der Waals surface area contributed by atoms with Crippen LogP contribution in [-0.4, -0.2) is 29.9 Å². The molecule has 1 N–H and O–H groups in total. The first-order chi connectivity index (χ1) is 7.17. The molecule has 0 aliphatic heterocycles. The molecule has 1 heterocycles. The van der Waals surface area contributed by atoms with E-state index in [0.717, 1.165) is 12.2 Å². The fraction of sp³-hybridized carbons (Fsp3) is 0.800. The van der Waals surface area contributed by atoms with Crippen LogP contribution in [0.25, 0.3) is 0 Å². The molecule has 16 heavy (non-hydrogen) atoms. The Morgan fingerprint density at radius 2 is 2.19 bits per heavy atom. The molecule has 1 aromatic rings. The summed E-state index contributed by atoms with van der Waals surface area (Å²) in [5, 5.41) is 7.30. The van der Waals surface area contributed by atoms with Crippen LogP contribution in [0.4, 0.5) is 0 Å². The molecule has 0 radical (unpaired) electrons. The van der Waals surface area contributed by atoms with Gasteiger partial charge in [-0.15, -0.1) is 12.4 Å². The van der Waals surface area contributed by atoms with E-state index in [1.807, 2.05) is 0 Å². The van der Waals surface area contributed by atoms with Gasteiger partial charge in [-0.2, -0.15) is 4.98 Å². The molecule has 0 spiro atoms. The minimum atomic E-state index is 0. The fourth-order valence-corrected chi connectivity index (χ4v) is 1.47. The number of aromatic nitrogens is 2. The van der Waals surface area contributed by atoms with Crippen molar-refractivity contribution in [3.8, 4) is 0 Å². The Hall–Kier alpha value is -0.650. The summed E-state index contributed by atoms with van der Waals surface area (Å²) >= 11 is 0. The van der Waals surface area contributed by atoms with Crippen molar-refractivity contribution in [1.82, 2.24) is 15.5 Å². The number of nitrogens with one attached hydrogen (secondary N) is 1. The second kappa shape index (κ2) is 7.60. The molecule has 0 aromatic carbocycles. The summed E-state index contributed by atoms with van der Waals surface area (Å²) in [5.74, 6) is 1.32. The molecule has 2 atom stereocenters. The van der Waals surface area contributed by atoms with E-state index in [1.54, 1.807) is 14.0 Å². The van der Waals surface area contributed by atoms with Crippen molar-refractivity contribution in [2.45, 2.75) is 39.3 Å². The Balaban J connectivity index is 0.00000225. The largest absolute Gasteiger partial charge is 0.383 e. The SMILES string of the molecule is CCC(NC(C)COC)c1noc(C)n1.Cl. The van der Waals surface area contributed by atoms with Crippen molar-refractivity contribution >= 4 is 12.4 Å². The third-order valence-corrected chi connectivity index (χ3v) is 2.17. The average Bonchev–Trinajstić information content (AvgIpc) is 2.61. The Kier molecular flexibility index (Phi) is 7.29. The average molecular weight is 250 g/mol. The predicted molar refractivity (Wildman–Crippen MR) is 63.8 cm³/mol. The van der Waals surface area contributed by atoms with Gasteiger partial charge < -0.3 is 14.6 Å². The number of hydrogen-bond donors (Lipinski definition) is 1. The molecule has 0 fully saturated rings. The molecule has 6 heteroatoms. The second-order valence-corrected chi connectivity index (χ2v) is 3.66. The van der Waals surface area contributed by atoms with E-state index < -0.39 is 0 Å². The Labute approximate surface area is 102 Å². The smallest absolute Gasteiger partial charge is 0.223 e. The molecule has 5 nitrogen and oxygen atoms in total. The van der Waals surface area contributed by atoms with Gasteiger partial charge in [-0.3, -0.25) is 0 Å². The van der Waals surface area contributed by atoms with Gasteiger partial charge in [0.15, 0.2) is 5.82 Å². The molecule has 0 aliphatic carbocycles. The van der Waals surface area contributed by atoms with Crippen LogP contribution in [0.3, 0.4) is 0 Å². The fourth-order valence-electron chi connectivity index (χ4n) is 1.47. The van der Waals surface area contributed by atoms with Gasteiger partial charge in [-0.25, -0.2) is 0 Å². The van der Waals surface area contributed by atoms with E-state index in [4.69, 9.17) is 9.26 Å². The normalized spacial score (nSPS) is 14.2. The van der Waals surface area contributed by atoms with Crippen LogP contribution in [0.2, 0.25) is 0 Å². The first kappa shape index (κ1) is 15.3. The predicted octanol–water partition coefficient (Wildman–Crippen LogP) is 1.88. The third kappa shape index (κ3) is 4.47. The highest BCUT2D eigenvalue weighted by atomic mass is 35.5. The summed E-state index contributed by atoms with van der Waals surface area (Å²) in [6, 6.07) is 0.409. The van der Waals surface area contributed by atoms with Crippen molar-refractivity contribution < 1.29 is 9.26 Å². The quantitative estimate of drug-likeness (QED) is 0.834. The summed E-state index contributed by atoms with van der Waals surface area (Å²) < 4.78 is 10.0. The first-order valence-corrected chi connectivity index (χ1v) is 5.22. The van der Waals surface area contributed by atoms with Gasteiger partial charge in [0.1, 0.15) is 0 Å². The van der Waals surface area contributed by atoms with Gasteiger partial charge in [0.2, 0.25) is 5.89 Å². The number of halogens is 1. The van der Waals surface area contributed by atoms with Crippen LogP contribution in [0.5, 0.6) is 0 Å². The molecule has 0 aliphatic rings. The lowest BCUT2D eigenvalue weighted by Crippen LogP contribution is -2.34. The third-order valence-electron chi connectivity index (χ3n) is 2.17. The number of ether oxygens (including phenoxy) is 1. The van der Waals surface area contributed by atoms with E-state index in [9.17, 15) is 0 Å². The monoisotopic (exact) mass is 249 g/mol. The number of methoxy groups -OCH3 is 1. The minimum absolute atomic E-state index is 0. The molecule has 1 rings (SSSR count). The first-order valence-electron chi connectivity index (χ1n) is 5.22. The van der Waals surface area contributed by atoms with Crippen molar-refractivity contribution in [2.75, 3.05) is 13.7 Å². The Bertz CT molecular complexity index is 293. The van der Waals surface area contributed by atoms with Crippen LogP contribution in [0, 0.1) is 6.92 Å². The highest BCUT2D eigenvalue weighted by Crippen LogP contribution is 2.13. The Morgan fingerprint density at radius 3 is 2.62 bits per heavy atom. The maximum atomic E-state index is 5.06. The lowest BCUT2D eigenvalue weighted by Gasteiger charge is -2.18. The van der Waals surface area contributed by atoms with Crippen molar-refractivity contribution in [3.63, 3.8) is 0 Å². The summed E-state index contributed by atoms with van der Waals surface area (Å²) in [7, 11) is 1.69. The van der Waals surface area contributed by atoms with Crippen LogP contribution >= 0.6 is 12.4 Å². The maximum Gasteiger partial charge on any atom is 0.223 e. The van der Waals surface area contributed by atoms with Gasteiger partial charge in [-0.05, 0) is 13.3 Å². The molecule has 94 valence electrons. The van der Waals surface area contributed by atoms with Crippen molar-refractivity contribution in [3.05, 3.63) is 11.7 Å². The van der Waals surface area contributed by atoms with Crippen LogP contribution in [0.1, 0.15) is 38.0 Å². The summed E-state index contributed by atoms with van der Waals surface area (Å²) in [4.78, 5) is 4.21. The summed E-state index contributed by atoms with van der Waals surface area (Å²) in [5.41, 5.74) is 0. The molecule has 0 saturated heterocycles. The van der Waals surface area contributed by atoms with Crippen LogP contribution in [0.15, 0.2) is 4.52 Å². The van der Waals surface area contributed by atoms with E-state index >= 15 is 0 Å². The summed E-state index contributed by atoms with van der Waals surface area (Å²) in [6.07, 6.45) is 0.924. The van der Waals surface area contributed by atoms with E-state index in [0.29, 0.717) is 12.5 Å². The van der Waals surface area contributed by atoms with E-state index in [1.165, 1.54) is 0 Å². The van der Waals surface area contributed by atoms with Crippen LogP contribution in [-0.2, 0) is 4.74 Å². The molecule has 0 bridgehead atoms. The maximum absolute atomic E-state index is 5.06. The standard InChI is InChI=1S/C10H19N3O2.ClH/c1-5-9(11-7(2)6-14-4)10-12-8(3)15-13-10;/h7,9,11H,5-6H2,1-4H3;1H. The lowest BCUT2D eigenvalue weighted by atomic mass is 10.2. The zero-order chi connectivity index (χ0) is 11.3. The summed E-state index contributed by atoms with van der Waals surface area (Å²) in [6.45, 7) is 6.62. The van der Waals surface area contributed by atoms with Crippen molar-refractivity contribution in [2.24, 2.45) is 0 Å². The van der Waals surface area contributed by atoms with E-state index in [-0.39, 0.29) is 24.5 Å². The molecule has 2 unspecified atom stereocenters. The number of aryl methyl sites for hydroxylation is 1.